The van der Waals surface area contributed by atoms with Gasteiger partial charge in [-0.1, -0.05) is 110 Å². The lowest BCUT2D eigenvalue weighted by Crippen LogP contribution is -2.37. The lowest BCUT2D eigenvalue weighted by molar-refractivity contribution is 0.620. The largest absolute Gasteiger partial charge is 0.436 e. The number of oxazole rings is 1. The maximum absolute atomic E-state index is 6.12. The van der Waals surface area contributed by atoms with Crippen LogP contribution in [0.4, 0.5) is 0 Å². The van der Waals surface area contributed by atoms with Gasteiger partial charge >= 0.3 is 0 Å². The van der Waals surface area contributed by atoms with Crippen LogP contribution in [0.25, 0.3) is 55.6 Å². The molecule has 35 heavy (non-hydrogen) atoms. The molecule has 0 aliphatic rings. The van der Waals surface area contributed by atoms with Crippen molar-refractivity contribution in [3.8, 4) is 33.7 Å². The molecular weight excluding hydrogens is 442 g/mol. The fourth-order valence-electron chi connectivity index (χ4n) is 4.76. The summed E-state index contributed by atoms with van der Waals surface area (Å²) in [5, 5.41) is 3.82. The van der Waals surface area contributed by atoms with Crippen LogP contribution in [0.3, 0.4) is 0 Å². The number of hydrogen-bond donors (Lipinski definition) is 0. The van der Waals surface area contributed by atoms with Crippen LogP contribution in [0, 0.1) is 0 Å². The Labute approximate surface area is 206 Å². The van der Waals surface area contributed by atoms with Crippen LogP contribution in [0.5, 0.6) is 0 Å². The molecule has 1 aromatic heterocycles. The van der Waals surface area contributed by atoms with Crippen molar-refractivity contribution in [2.24, 2.45) is 0 Å². The molecule has 0 N–H and O–H groups in total. The molecule has 0 radical (unpaired) electrons. The molecule has 0 saturated carbocycles. The van der Waals surface area contributed by atoms with E-state index in [4.69, 9.17) is 9.40 Å². The van der Waals surface area contributed by atoms with Crippen molar-refractivity contribution in [3.63, 3.8) is 0 Å². The molecule has 6 aromatic rings. The Kier molecular flexibility index (Phi) is 5.16. The Morgan fingerprint density at radius 3 is 1.97 bits per heavy atom. The summed E-state index contributed by atoms with van der Waals surface area (Å²) in [6.07, 6.45) is 0. The summed E-state index contributed by atoms with van der Waals surface area (Å²) >= 11 is 0. The molecule has 170 valence electrons. The van der Waals surface area contributed by atoms with Crippen molar-refractivity contribution < 1.29 is 4.42 Å². The first kappa shape index (κ1) is 21.6. The molecule has 0 aliphatic heterocycles. The Balaban J connectivity index is 1.48. The molecule has 3 heteroatoms. The molecule has 0 unspecified atom stereocenters. The fourth-order valence-corrected chi connectivity index (χ4v) is 5.94. The van der Waals surface area contributed by atoms with Gasteiger partial charge in [-0.2, -0.15) is 0 Å². The van der Waals surface area contributed by atoms with Gasteiger partial charge in [-0.15, -0.1) is 0 Å². The van der Waals surface area contributed by atoms with E-state index in [1.165, 1.54) is 32.8 Å². The van der Waals surface area contributed by atoms with Gasteiger partial charge in [-0.25, -0.2) is 4.98 Å². The number of fused-ring (bicyclic) bond motifs is 2. The van der Waals surface area contributed by atoms with Gasteiger partial charge < -0.3 is 4.42 Å². The smallest absolute Gasteiger partial charge is 0.227 e. The average molecular weight is 470 g/mol. The standard InChI is InChI=1S/C32H27NOSi/c1-35(2,3)25-13-9-11-23(21-25)22-10-8-12-24(20-22)26-18-19-29(28-15-5-4-14-27(26)28)32-33-30-16-6-7-17-31(30)34-32/h4-21H,1-3H3. The molecule has 0 fully saturated rings. The molecule has 0 aliphatic carbocycles. The SMILES string of the molecule is C[Si](C)(C)c1cccc(-c2cccc(-c3ccc(-c4nc5ccccc5o4)c4ccccc34)c2)c1. The molecule has 6 rings (SSSR count). The van der Waals surface area contributed by atoms with Crippen LogP contribution in [-0.2, 0) is 0 Å². The van der Waals surface area contributed by atoms with Crippen LogP contribution < -0.4 is 5.19 Å². The third kappa shape index (κ3) is 3.98. The minimum absolute atomic E-state index is 0.658. The van der Waals surface area contributed by atoms with Crippen molar-refractivity contribution in [1.82, 2.24) is 4.98 Å². The maximum atomic E-state index is 6.12. The number of para-hydroxylation sites is 2. The van der Waals surface area contributed by atoms with Gasteiger partial charge in [0.1, 0.15) is 5.52 Å². The highest BCUT2D eigenvalue weighted by atomic mass is 28.3. The van der Waals surface area contributed by atoms with Gasteiger partial charge in [0.05, 0.1) is 8.07 Å². The third-order valence-corrected chi connectivity index (χ3v) is 8.73. The van der Waals surface area contributed by atoms with E-state index in [0.29, 0.717) is 5.89 Å². The molecule has 0 bridgehead atoms. The first-order chi connectivity index (χ1) is 17.0. The maximum Gasteiger partial charge on any atom is 0.227 e. The van der Waals surface area contributed by atoms with E-state index in [9.17, 15) is 0 Å². The van der Waals surface area contributed by atoms with E-state index in [2.05, 4.69) is 105 Å². The van der Waals surface area contributed by atoms with Crippen LogP contribution in [-0.4, -0.2) is 13.1 Å². The highest BCUT2D eigenvalue weighted by molar-refractivity contribution is 6.88. The average Bonchev–Trinajstić information content (AvgIpc) is 3.32. The highest BCUT2D eigenvalue weighted by Gasteiger charge is 2.17. The molecule has 1 heterocycles. The first-order valence-electron chi connectivity index (χ1n) is 12.1. The lowest BCUT2D eigenvalue weighted by atomic mass is 9.93. The second kappa shape index (κ2) is 8.37. The quantitative estimate of drug-likeness (QED) is 0.242. The first-order valence-corrected chi connectivity index (χ1v) is 15.6. The summed E-state index contributed by atoms with van der Waals surface area (Å²) in [6.45, 7) is 7.19. The Morgan fingerprint density at radius 1 is 0.571 bits per heavy atom. The van der Waals surface area contributed by atoms with Gasteiger partial charge in [0.25, 0.3) is 0 Å². The zero-order valence-electron chi connectivity index (χ0n) is 20.2. The van der Waals surface area contributed by atoms with E-state index in [1.807, 2.05) is 24.3 Å². The summed E-state index contributed by atoms with van der Waals surface area (Å²) in [5.74, 6) is 0.658. The summed E-state index contributed by atoms with van der Waals surface area (Å²) in [6, 6.07) is 38.7. The van der Waals surface area contributed by atoms with Crippen molar-refractivity contribution in [3.05, 3.63) is 109 Å². The molecule has 0 atom stereocenters. The molecule has 0 saturated heterocycles. The van der Waals surface area contributed by atoms with Crippen molar-refractivity contribution >= 4 is 35.1 Å². The lowest BCUT2D eigenvalue weighted by Gasteiger charge is -2.18. The van der Waals surface area contributed by atoms with E-state index in [0.717, 1.165) is 22.0 Å². The van der Waals surface area contributed by atoms with Gasteiger partial charge in [0, 0.05) is 5.56 Å². The zero-order valence-corrected chi connectivity index (χ0v) is 21.2. The van der Waals surface area contributed by atoms with E-state index < -0.39 is 8.07 Å². The zero-order chi connectivity index (χ0) is 24.0. The molecular formula is C32H27NOSi. The molecule has 2 nitrogen and oxygen atoms in total. The van der Waals surface area contributed by atoms with E-state index in [1.54, 1.807) is 0 Å². The topological polar surface area (TPSA) is 26.0 Å². The highest BCUT2D eigenvalue weighted by Crippen LogP contribution is 2.37. The van der Waals surface area contributed by atoms with Crippen LogP contribution >= 0.6 is 0 Å². The number of benzene rings is 5. The van der Waals surface area contributed by atoms with E-state index in [-0.39, 0.29) is 0 Å². The van der Waals surface area contributed by atoms with Gasteiger partial charge in [-0.3, -0.25) is 0 Å². The Hall–Kier alpha value is -3.95. The summed E-state index contributed by atoms with van der Waals surface area (Å²) in [4.78, 5) is 4.75. The van der Waals surface area contributed by atoms with Gasteiger partial charge in [0.15, 0.2) is 5.58 Å². The van der Waals surface area contributed by atoms with Crippen LogP contribution in [0.2, 0.25) is 19.6 Å². The minimum Gasteiger partial charge on any atom is -0.436 e. The monoisotopic (exact) mass is 469 g/mol. The number of rotatable bonds is 4. The van der Waals surface area contributed by atoms with Gasteiger partial charge in [-0.05, 0) is 57.3 Å². The second-order valence-corrected chi connectivity index (χ2v) is 15.2. The summed E-state index contributed by atoms with van der Waals surface area (Å²) < 4.78 is 6.12. The Bertz CT molecular complexity index is 1660. The fraction of sp³-hybridized carbons (Fsp3) is 0.0938. The number of hydrogen-bond acceptors (Lipinski definition) is 2. The number of nitrogens with zero attached hydrogens (tertiary/aromatic N) is 1. The normalized spacial score (nSPS) is 11.9. The summed E-state index contributed by atoms with van der Waals surface area (Å²) in [7, 11) is -1.38. The predicted octanol–water partition coefficient (Wildman–Crippen LogP) is 8.53. The molecule has 5 aromatic carbocycles. The van der Waals surface area contributed by atoms with E-state index >= 15 is 0 Å². The van der Waals surface area contributed by atoms with Gasteiger partial charge in [0.2, 0.25) is 5.89 Å². The Morgan fingerprint density at radius 2 is 1.20 bits per heavy atom. The van der Waals surface area contributed by atoms with Crippen LogP contribution in [0.1, 0.15) is 0 Å². The molecule has 0 amide bonds. The third-order valence-electron chi connectivity index (χ3n) is 6.68. The predicted molar refractivity (Wildman–Crippen MR) is 151 cm³/mol. The number of aromatic nitrogens is 1. The van der Waals surface area contributed by atoms with Crippen molar-refractivity contribution in [1.29, 1.82) is 0 Å². The van der Waals surface area contributed by atoms with Crippen LogP contribution in [0.15, 0.2) is 114 Å². The molecule has 0 spiro atoms. The second-order valence-electron chi connectivity index (χ2n) is 10.1. The van der Waals surface area contributed by atoms with Crippen molar-refractivity contribution in [2.45, 2.75) is 19.6 Å². The van der Waals surface area contributed by atoms with Crippen molar-refractivity contribution in [2.75, 3.05) is 0 Å². The minimum atomic E-state index is -1.38. The summed E-state index contributed by atoms with van der Waals surface area (Å²) in [5.41, 5.74) is 7.64.